The lowest BCUT2D eigenvalue weighted by Gasteiger charge is -2.33. The van der Waals surface area contributed by atoms with Crippen molar-refractivity contribution in [2.45, 2.75) is 26.3 Å². The molecule has 0 radical (unpaired) electrons. The van der Waals surface area contributed by atoms with E-state index in [9.17, 15) is 4.79 Å². The lowest BCUT2D eigenvalue weighted by atomic mass is 10.1. The molecule has 1 aliphatic heterocycles. The Kier molecular flexibility index (Phi) is 4.18. The smallest absolute Gasteiger partial charge is 0.248 e. The summed E-state index contributed by atoms with van der Waals surface area (Å²) in [6, 6.07) is 6.16. The van der Waals surface area contributed by atoms with Crippen LogP contribution in [0.1, 0.15) is 41.5 Å². The molecule has 22 heavy (non-hydrogen) atoms. The number of primary amides is 1. The number of aromatic nitrogens is 1. The van der Waals surface area contributed by atoms with Crippen molar-refractivity contribution < 1.29 is 9.53 Å². The number of nitrogens with zero attached hydrogens (tertiary/aromatic N) is 2. The number of fused-ring (bicyclic) bond motifs is 1. The van der Waals surface area contributed by atoms with Gasteiger partial charge in [0.15, 0.2) is 0 Å². The normalized spacial score (nSPS) is 17.7. The maximum Gasteiger partial charge on any atom is 0.248 e. The molecule has 5 heteroatoms. The first kappa shape index (κ1) is 15.1. The van der Waals surface area contributed by atoms with Crippen LogP contribution in [-0.2, 0) is 11.2 Å². The fraction of sp³-hybridized carbons (Fsp3) is 0.471. The summed E-state index contributed by atoms with van der Waals surface area (Å²) in [5, 5.41) is 0. The van der Waals surface area contributed by atoms with Gasteiger partial charge in [-0.25, -0.2) is 0 Å². The number of carbonyl (C=O) groups excluding carboxylic acids is 1. The minimum atomic E-state index is -0.374. The maximum absolute atomic E-state index is 11.7. The number of ether oxygens (including phenoxy) is 1. The number of hydrogen-bond donors (Lipinski definition) is 1. The highest BCUT2D eigenvalue weighted by atomic mass is 16.5. The molecule has 2 aromatic rings. The first-order valence-corrected chi connectivity index (χ1v) is 7.87. The average Bonchev–Trinajstić information content (AvgIpc) is 2.97. The zero-order valence-corrected chi connectivity index (χ0v) is 13.2. The topological polar surface area (TPSA) is 60.0 Å². The summed E-state index contributed by atoms with van der Waals surface area (Å²) in [5.74, 6) is -0.374. The molecule has 1 atom stereocenters. The van der Waals surface area contributed by atoms with E-state index in [1.54, 1.807) is 0 Å². The highest BCUT2D eigenvalue weighted by Crippen LogP contribution is 2.26. The molecule has 3 rings (SSSR count). The van der Waals surface area contributed by atoms with E-state index in [2.05, 4.69) is 35.4 Å². The number of aryl methyl sites for hydroxylation is 1. The van der Waals surface area contributed by atoms with Crippen molar-refractivity contribution in [2.75, 3.05) is 26.3 Å². The molecular formula is C17H23N3O2. The van der Waals surface area contributed by atoms with Gasteiger partial charge < -0.3 is 14.9 Å². The van der Waals surface area contributed by atoms with Gasteiger partial charge in [-0.15, -0.1) is 0 Å². The van der Waals surface area contributed by atoms with Crippen LogP contribution < -0.4 is 5.73 Å². The van der Waals surface area contributed by atoms with Crippen molar-refractivity contribution in [3.8, 4) is 0 Å². The molecule has 118 valence electrons. The van der Waals surface area contributed by atoms with Crippen molar-refractivity contribution in [3.05, 3.63) is 41.2 Å². The van der Waals surface area contributed by atoms with Crippen molar-refractivity contribution in [1.29, 1.82) is 0 Å². The molecule has 0 saturated carbocycles. The third kappa shape index (κ3) is 2.62. The van der Waals surface area contributed by atoms with Crippen LogP contribution in [0.2, 0.25) is 0 Å². The van der Waals surface area contributed by atoms with Crippen molar-refractivity contribution in [3.63, 3.8) is 0 Å². The summed E-state index contributed by atoms with van der Waals surface area (Å²) < 4.78 is 7.62. The van der Waals surface area contributed by atoms with Gasteiger partial charge in [0.1, 0.15) is 0 Å². The maximum atomic E-state index is 11.7. The number of amides is 1. The van der Waals surface area contributed by atoms with E-state index in [-0.39, 0.29) is 11.9 Å². The fourth-order valence-corrected chi connectivity index (χ4v) is 3.21. The Hall–Kier alpha value is -1.85. The lowest BCUT2D eigenvalue weighted by molar-refractivity contribution is 0.0188. The quantitative estimate of drug-likeness (QED) is 0.939. The molecule has 1 aliphatic rings. The van der Waals surface area contributed by atoms with E-state index >= 15 is 0 Å². The molecule has 1 unspecified atom stereocenters. The molecule has 5 nitrogen and oxygen atoms in total. The molecule has 0 spiro atoms. The molecule has 2 aromatic heterocycles. The summed E-state index contributed by atoms with van der Waals surface area (Å²) in [7, 11) is 0. The highest BCUT2D eigenvalue weighted by Gasteiger charge is 2.22. The van der Waals surface area contributed by atoms with Crippen LogP contribution in [0.4, 0.5) is 0 Å². The zero-order chi connectivity index (χ0) is 15.7. The van der Waals surface area contributed by atoms with E-state index in [0.717, 1.165) is 43.9 Å². The van der Waals surface area contributed by atoms with Gasteiger partial charge >= 0.3 is 0 Å². The molecule has 1 fully saturated rings. The molecule has 0 aromatic carbocycles. The van der Waals surface area contributed by atoms with Crippen LogP contribution in [0, 0.1) is 0 Å². The Labute approximate surface area is 130 Å². The average molecular weight is 301 g/mol. The van der Waals surface area contributed by atoms with Gasteiger partial charge in [0.2, 0.25) is 5.91 Å². The van der Waals surface area contributed by atoms with Crippen molar-refractivity contribution >= 4 is 11.4 Å². The standard InChI is InChI=1S/C17H23N3O2/c1-3-13-4-5-20-15(10-14(17(18)21)11-16(13)20)12(2)19-6-8-22-9-7-19/h4-5,10-12H,3,6-9H2,1-2H3,(H2,18,21). The summed E-state index contributed by atoms with van der Waals surface area (Å²) in [6.07, 6.45) is 3.02. The number of rotatable bonds is 4. The molecular weight excluding hydrogens is 278 g/mol. The Morgan fingerprint density at radius 2 is 2.09 bits per heavy atom. The Morgan fingerprint density at radius 1 is 1.36 bits per heavy atom. The van der Waals surface area contributed by atoms with Gasteiger partial charge in [-0.1, -0.05) is 6.92 Å². The van der Waals surface area contributed by atoms with Gasteiger partial charge in [-0.3, -0.25) is 9.69 Å². The van der Waals surface area contributed by atoms with Crippen LogP contribution in [0.3, 0.4) is 0 Å². The van der Waals surface area contributed by atoms with Gasteiger partial charge in [-0.05, 0) is 37.1 Å². The summed E-state index contributed by atoms with van der Waals surface area (Å²) >= 11 is 0. The fourth-order valence-electron chi connectivity index (χ4n) is 3.21. The zero-order valence-electron chi connectivity index (χ0n) is 13.2. The van der Waals surface area contributed by atoms with Crippen LogP contribution in [-0.4, -0.2) is 41.5 Å². The van der Waals surface area contributed by atoms with Crippen LogP contribution in [0.5, 0.6) is 0 Å². The van der Waals surface area contributed by atoms with E-state index in [1.807, 2.05) is 12.1 Å². The predicted octanol–water partition coefficient (Wildman–Crippen LogP) is 1.99. The molecule has 3 heterocycles. The van der Waals surface area contributed by atoms with Crippen LogP contribution in [0.25, 0.3) is 5.52 Å². The number of carbonyl (C=O) groups is 1. The largest absolute Gasteiger partial charge is 0.379 e. The number of hydrogen-bond acceptors (Lipinski definition) is 3. The summed E-state index contributed by atoms with van der Waals surface area (Å²) in [6.45, 7) is 7.63. The van der Waals surface area contributed by atoms with Crippen molar-refractivity contribution in [2.24, 2.45) is 5.73 Å². The summed E-state index contributed by atoms with van der Waals surface area (Å²) in [5.41, 5.74) is 9.53. The molecule has 0 bridgehead atoms. The highest BCUT2D eigenvalue weighted by molar-refractivity contribution is 5.94. The third-order valence-corrected chi connectivity index (χ3v) is 4.57. The van der Waals surface area contributed by atoms with Gasteiger partial charge in [-0.2, -0.15) is 0 Å². The monoisotopic (exact) mass is 301 g/mol. The lowest BCUT2D eigenvalue weighted by Crippen LogP contribution is -2.38. The van der Waals surface area contributed by atoms with Crippen LogP contribution >= 0.6 is 0 Å². The van der Waals surface area contributed by atoms with Gasteiger partial charge in [0.05, 0.1) is 13.2 Å². The van der Waals surface area contributed by atoms with E-state index in [1.165, 1.54) is 5.56 Å². The Bertz CT molecular complexity index is 687. The number of pyridine rings is 1. The Balaban J connectivity index is 2.10. The number of nitrogens with two attached hydrogens (primary N) is 1. The first-order valence-electron chi connectivity index (χ1n) is 7.87. The van der Waals surface area contributed by atoms with E-state index in [4.69, 9.17) is 10.5 Å². The minimum Gasteiger partial charge on any atom is -0.379 e. The Morgan fingerprint density at radius 3 is 2.73 bits per heavy atom. The number of morpholine rings is 1. The summed E-state index contributed by atoms with van der Waals surface area (Å²) in [4.78, 5) is 14.1. The molecule has 1 saturated heterocycles. The van der Waals surface area contributed by atoms with E-state index in [0.29, 0.717) is 5.56 Å². The molecule has 1 amide bonds. The van der Waals surface area contributed by atoms with E-state index < -0.39 is 0 Å². The van der Waals surface area contributed by atoms with Gasteiger partial charge in [0.25, 0.3) is 0 Å². The SMILES string of the molecule is CCc1ccn2c(C(C)N3CCOCC3)cc(C(N)=O)cc12. The second kappa shape index (κ2) is 6.10. The second-order valence-corrected chi connectivity index (χ2v) is 5.81. The third-order valence-electron chi connectivity index (χ3n) is 4.57. The first-order chi connectivity index (χ1) is 10.6. The van der Waals surface area contributed by atoms with Gasteiger partial charge in [0, 0.05) is 42.1 Å². The second-order valence-electron chi connectivity index (χ2n) is 5.81. The minimum absolute atomic E-state index is 0.211. The van der Waals surface area contributed by atoms with Crippen molar-refractivity contribution in [1.82, 2.24) is 9.30 Å². The predicted molar refractivity (Wildman–Crippen MR) is 86.1 cm³/mol. The molecule has 2 N–H and O–H groups in total. The van der Waals surface area contributed by atoms with Crippen LogP contribution in [0.15, 0.2) is 24.4 Å². The molecule has 0 aliphatic carbocycles.